The lowest BCUT2D eigenvalue weighted by Gasteiger charge is -2.55. The fraction of sp³-hybridized carbons (Fsp3) is 0.286. The highest BCUT2D eigenvalue weighted by molar-refractivity contribution is 5.92. The first-order valence-electron chi connectivity index (χ1n) is 14.8. The van der Waals surface area contributed by atoms with Gasteiger partial charge in [-0.2, -0.15) is 0 Å². The van der Waals surface area contributed by atoms with Gasteiger partial charge in [0.05, 0.1) is 13.1 Å². The van der Waals surface area contributed by atoms with E-state index in [1.165, 1.54) is 0 Å². The van der Waals surface area contributed by atoms with Crippen molar-refractivity contribution >= 4 is 17.7 Å². The van der Waals surface area contributed by atoms with Crippen LogP contribution < -0.4 is 4.74 Å². The molecule has 0 radical (unpaired) electrons. The molecule has 9 heteroatoms. The van der Waals surface area contributed by atoms with Crippen molar-refractivity contribution in [3.63, 3.8) is 0 Å². The van der Waals surface area contributed by atoms with Crippen molar-refractivity contribution in [3.8, 4) is 11.5 Å². The monoisotopic (exact) mass is 594 g/mol. The number of phenols is 1. The first-order valence-corrected chi connectivity index (χ1v) is 14.8. The number of phenolic OH excluding ortho intramolecular Hbond substituents is 1. The number of hydrogen-bond acceptors (Lipinski definition) is 6. The molecule has 3 aromatic carbocycles. The zero-order valence-electron chi connectivity index (χ0n) is 24.8. The largest absolute Gasteiger partial charge is 0.508 e. The Morgan fingerprint density at radius 1 is 0.932 bits per heavy atom. The Hall–Kier alpha value is -4.89. The van der Waals surface area contributed by atoms with Crippen molar-refractivity contribution in [1.82, 2.24) is 19.8 Å². The summed E-state index contributed by atoms with van der Waals surface area (Å²) in [6, 6.07) is 23.1. The molecule has 228 valence electrons. The van der Waals surface area contributed by atoms with Gasteiger partial charge < -0.3 is 19.6 Å². The molecule has 5 rings (SSSR count). The van der Waals surface area contributed by atoms with Crippen LogP contribution in [0.15, 0.2) is 104 Å². The summed E-state index contributed by atoms with van der Waals surface area (Å²) in [6.45, 7) is 8.54. The minimum atomic E-state index is -0.845. The van der Waals surface area contributed by atoms with Gasteiger partial charge >= 0.3 is 0 Å². The van der Waals surface area contributed by atoms with Crippen molar-refractivity contribution in [3.05, 3.63) is 121 Å². The molecule has 9 nitrogen and oxygen atoms in total. The number of carbonyl (C=O) groups excluding carboxylic acids is 3. The molecule has 2 fully saturated rings. The van der Waals surface area contributed by atoms with Crippen LogP contribution >= 0.6 is 0 Å². The van der Waals surface area contributed by atoms with Crippen LogP contribution in [-0.2, 0) is 33.8 Å². The van der Waals surface area contributed by atoms with E-state index >= 15 is 0 Å². The number of fused-ring (bicyclic) bond motifs is 1. The Bertz CT molecular complexity index is 1490. The highest BCUT2D eigenvalue weighted by Gasteiger charge is 2.51. The van der Waals surface area contributed by atoms with Crippen LogP contribution in [0.25, 0.3) is 0 Å². The number of benzene rings is 3. The zero-order valence-corrected chi connectivity index (χ0v) is 24.8. The number of piperazine rings is 1. The Morgan fingerprint density at radius 3 is 2.39 bits per heavy atom. The Kier molecular flexibility index (Phi) is 9.76. The number of carbonyl (C=O) groups is 3. The number of nitrogens with zero attached hydrogens (tertiary/aromatic N) is 4. The Balaban J connectivity index is 1.50. The minimum absolute atomic E-state index is 0.0445. The second-order valence-corrected chi connectivity index (χ2v) is 11.0. The second-order valence-electron chi connectivity index (χ2n) is 11.0. The van der Waals surface area contributed by atoms with Crippen molar-refractivity contribution in [2.75, 3.05) is 26.2 Å². The van der Waals surface area contributed by atoms with E-state index in [1.54, 1.807) is 56.2 Å². The number of aromatic hydroxyl groups is 1. The van der Waals surface area contributed by atoms with Crippen LogP contribution in [0.3, 0.4) is 0 Å². The predicted molar refractivity (Wildman–Crippen MR) is 167 cm³/mol. The number of rotatable bonds is 12. The fourth-order valence-corrected chi connectivity index (χ4v) is 5.90. The predicted octanol–water partition coefficient (Wildman–Crippen LogP) is 3.94. The topological polar surface area (TPSA) is 93.6 Å². The molecule has 0 spiro atoms. The molecule has 2 saturated heterocycles. The summed E-state index contributed by atoms with van der Waals surface area (Å²) in [6.07, 6.45) is 3.65. The van der Waals surface area contributed by atoms with Gasteiger partial charge in [-0.3, -0.25) is 14.4 Å². The minimum Gasteiger partial charge on any atom is -0.508 e. The van der Waals surface area contributed by atoms with Gasteiger partial charge in [0.1, 0.15) is 30.3 Å². The van der Waals surface area contributed by atoms with Crippen LogP contribution in [0.5, 0.6) is 11.5 Å². The molecule has 3 aromatic rings. The van der Waals surface area contributed by atoms with Crippen LogP contribution in [0.2, 0.25) is 0 Å². The Morgan fingerprint density at radius 2 is 1.66 bits per heavy atom. The molecule has 2 aliphatic heterocycles. The number of para-hydroxylation sites is 1. The Labute approximate surface area is 258 Å². The molecular formula is C35H38N4O5. The van der Waals surface area contributed by atoms with E-state index in [1.807, 2.05) is 54.6 Å². The summed E-state index contributed by atoms with van der Waals surface area (Å²) in [7, 11) is 0. The second kappa shape index (κ2) is 14.1. The quantitative estimate of drug-likeness (QED) is 0.320. The lowest BCUT2D eigenvalue weighted by molar-refractivity contribution is -0.205. The highest BCUT2D eigenvalue weighted by Crippen LogP contribution is 2.31. The molecule has 2 heterocycles. The number of hydrazine groups is 1. The third-order valence-corrected chi connectivity index (χ3v) is 7.95. The molecule has 0 aromatic heterocycles. The van der Waals surface area contributed by atoms with Crippen LogP contribution in [0, 0.1) is 0 Å². The molecule has 0 saturated carbocycles. The van der Waals surface area contributed by atoms with E-state index in [4.69, 9.17) is 4.74 Å². The third-order valence-electron chi connectivity index (χ3n) is 7.95. The molecule has 0 unspecified atom stereocenters. The molecule has 44 heavy (non-hydrogen) atoms. The molecule has 2 atom stereocenters. The van der Waals surface area contributed by atoms with Gasteiger partial charge in [0.25, 0.3) is 0 Å². The van der Waals surface area contributed by atoms with Crippen LogP contribution in [0.1, 0.15) is 23.1 Å². The van der Waals surface area contributed by atoms with E-state index in [0.29, 0.717) is 25.3 Å². The van der Waals surface area contributed by atoms with Gasteiger partial charge in [0.2, 0.25) is 17.7 Å². The number of amides is 3. The highest BCUT2D eigenvalue weighted by atomic mass is 16.5. The van der Waals surface area contributed by atoms with Gasteiger partial charge in [-0.05, 0) is 35.7 Å². The molecular weight excluding hydrogens is 556 g/mol. The van der Waals surface area contributed by atoms with Gasteiger partial charge in [0, 0.05) is 31.5 Å². The van der Waals surface area contributed by atoms with E-state index in [0.717, 1.165) is 16.7 Å². The first kappa shape index (κ1) is 30.6. The van der Waals surface area contributed by atoms with Gasteiger partial charge in [-0.1, -0.05) is 79.4 Å². The van der Waals surface area contributed by atoms with E-state index in [-0.39, 0.29) is 55.9 Å². The average molecular weight is 595 g/mol. The summed E-state index contributed by atoms with van der Waals surface area (Å²) in [5.74, 6) is 0.182. The SMILES string of the molecule is C=CCOc1ccccc1CN1C[C@H]2N(C(=O)CN(CC=C)N2C(=O)CCc2ccccc2)[C@@H](Cc2ccc(O)cc2)C1=O. The standard InChI is InChI=1S/C35H38N4O5/c1-3-20-37-25-34(42)38-30(22-27-14-17-29(40)18-15-27)35(43)36(23-28-12-8-9-13-31(28)44-21-4-2)24-32(38)39(37)33(41)19-16-26-10-6-5-7-11-26/h3-15,17-18,30,32,40H,1-2,16,19-25H2/t30-,32-/m0/s1. The van der Waals surface area contributed by atoms with Crippen LogP contribution in [0.4, 0.5) is 0 Å². The maximum atomic E-state index is 14.2. The lowest BCUT2D eigenvalue weighted by Crippen LogP contribution is -2.75. The smallest absolute Gasteiger partial charge is 0.246 e. The van der Waals surface area contributed by atoms with E-state index in [9.17, 15) is 19.5 Å². The third kappa shape index (κ3) is 6.84. The molecule has 1 N–H and O–H groups in total. The van der Waals surface area contributed by atoms with Crippen molar-refractivity contribution in [2.45, 2.75) is 38.0 Å². The summed E-state index contributed by atoms with van der Waals surface area (Å²) >= 11 is 0. The maximum Gasteiger partial charge on any atom is 0.246 e. The summed E-state index contributed by atoms with van der Waals surface area (Å²) in [4.78, 5) is 45.3. The normalized spacial score (nSPS) is 18.6. The molecule has 3 amide bonds. The first-order chi connectivity index (χ1) is 21.4. The van der Waals surface area contributed by atoms with Crippen molar-refractivity contribution in [1.29, 1.82) is 0 Å². The maximum absolute atomic E-state index is 14.2. The van der Waals surface area contributed by atoms with E-state index in [2.05, 4.69) is 13.2 Å². The molecule has 0 bridgehead atoms. The summed E-state index contributed by atoms with van der Waals surface area (Å²) in [5, 5.41) is 13.2. The van der Waals surface area contributed by atoms with Gasteiger partial charge in [-0.25, -0.2) is 10.0 Å². The summed E-state index contributed by atoms with van der Waals surface area (Å²) < 4.78 is 5.87. The number of aryl methyl sites for hydroxylation is 1. The van der Waals surface area contributed by atoms with Crippen molar-refractivity contribution < 1.29 is 24.2 Å². The number of hydrogen-bond donors (Lipinski definition) is 1. The summed E-state index contributed by atoms with van der Waals surface area (Å²) in [5.41, 5.74) is 2.65. The molecule has 2 aliphatic rings. The lowest BCUT2D eigenvalue weighted by atomic mass is 9.98. The zero-order chi connectivity index (χ0) is 31.1. The van der Waals surface area contributed by atoms with Gasteiger partial charge in [0.15, 0.2) is 0 Å². The fourth-order valence-electron chi connectivity index (χ4n) is 5.90. The van der Waals surface area contributed by atoms with Crippen LogP contribution in [-0.4, -0.2) is 81.1 Å². The average Bonchev–Trinajstić information content (AvgIpc) is 3.03. The van der Waals surface area contributed by atoms with Crippen molar-refractivity contribution in [2.24, 2.45) is 0 Å². The van der Waals surface area contributed by atoms with E-state index < -0.39 is 12.2 Å². The molecule has 0 aliphatic carbocycles. The van der Waals surface area contributed by atoms with Gasteiger partial charge in [-0.15, -0.1) is 6.58 Å². The number of ether oxygens (including phenoxy) is 1.